The van der Waals surface area contributed by atoms with Gasteiger partial charge >= 0.3 is 0 Å². The number of benzene rings is 3. The van der Waals surface area contributed by atoms with Crippen LogP contribution in [0.1, 0.15) is 119 Å². The maximum absolute atomic E-state index is 16.3. The molecule has 1 saturated carbocycles. The standard InChI is InChI=1S/C50H54F4N6O4/c1-27-16-35-33-4-2-3-5-40(33)55-46(35)44(34(27)21-42(53)54)45-38(51)19-31(20-39(45)52)58-12-8-28(9-13-58)24-57-14-10-50(11-15-57)22-32(23-50)59-25-29-17-36-37(18-30(29)26-59)49(64)60(48(36)63)41-6-7-43(61)56-47(41)62/h2-5,17-20,27-28,32,34,41-42,44,55H,6-16,21-26H2,1H3,(H,56,61,62)/t27-,34?,41?,44-/m1/s1. The molecule has 3 aromatic carbocycles. The number of carbonyl (C=O) groups is 4. The molecule has 2 aliphatic carbocycles. The van der Waals surface area contributed by atoms with Crippen molar-refractivity contribution in [2.24, 2.45) is 23.2 Å². The number of anilines is 1. The first-order chi connectivity index (χ1) is 30.8. The molecule has 4 fully saturated rings. The van der Waals surface area contributed by atoms with E-state index in [-0.39, 0.29) is 24.3 Å². The van der Waals surface area contributed by atoms with Crippen molar-refractivity contribution in [2.45, 2.75) is 109 Å². The highest BCUT2D eigenvalue weighted by Crippen LogP contribution is 2.53. The molecule has 6 heterocycles. The molecule has 64 heavy (non-hydrogen) atoms. The van der Waals surface area contributed by atoms with Crippen LogP contribution in [0.5, 0.6) is 0 Å². The number of hydrogen-bond donors (Lipinski definition) is 2. The van der Waals surface area contributed by atoms with Crippen LogP contribution in [0.2, 0.25) is 0 Å². The smallest absolute Gasteiger partial charge is 0.262 e. The number of likely N-dealkylation sites (tertiary alicyclic amines) is 1. The Morgan fingerprint density at radius 2 is 1.50 bits per heavy atom. The van der Waals surface area contributed by atoms with Crippen LogP contribution in [-0.4, -0.2) is 94.5 Å². The third-order valence-corrected chi connectivity index (χ3v) is 16.4. The molecule has 0 radical (unpaired) electrons. The fourth-order valence-electron chi connectivity index (χ4n) is 12.9. The van der Waals surface area contributed by atoms with Crippen LogP contribution in [-0.2, 0) is 29.1 Å². The number of aromatic amines is 1. The van der Waals surface area contributed by atoms with E-state index in [1.807, 2.05) is 43.3 Å². The maximum atomic E-state index is 16.3. The normalized spacial score (nSPS) is 26.5. The molecule has 2 unspecified atom stereocenters. The zero-order chi connectivity index (χ0) is 44.2. The van der Waals surface area contributed by atoms with Crippen molar-refractivity contribution in [3.05, 3.63) is 99.2 Å². The van der Waals surface area contributed by atoms with Crippen molar-refractivity contribution in [3.63, 3.8) is 0 Å². The Labute approximate surface area is 369 Å². The second kappa shape index (κ2) is 15.8. The molecule has 336 valence electrons. The lowest BCUT2D eigenvalue weighted by molar-refractivity contribution is -0.136. The van der Waals surface area contributed by atoms with Gasteiger partial charge in [-0.15, -0.1) is 0 Å². The van der Waals surface area contributed by atoms with Crippen LogP contribution >= 0.6 is 0 Å². The Kier molecular flexibility index (Phi) is 10.3. The number of halogens is 4. The molecular formula is C50H54F4N6O4. The van der Waals surface area contributed by atoms with Gasteiger partial charge in [-0.1, -0.05) is 25.1 Å². The number of piperidine rings is 3. The van der Waals surface area contributed by atoms with Gasteiger partial charge < -0.3 is 14.8 Å². The van der Waals surface area contributed by atoms with E-state index >= 15 is 8.78 Å². The number of imide groups is 2. The van der Waals surface area contributed by atoms with Gasteiger partial charge in [-0.25, -0.2) is 17.6 Å². The third kappa shape index (κ3) is 7.05. The average molecular weight is 879 g/mol. The lowest BCUT2D eigenvalue weighted by Crippen LogP contribution is -2.54. The van der Waals surface area contributed by atoms with Gasteiger partial charge in [0.05, 0.1) is 11.1 Å². The van der Waals surface area contributed by atoms with E-state index in [2.05, 4.69) is 25.0 Å². The number of hydrogen-bond acceptors (Lipinski definition) is 7. The highest BCUT2D eigenvalue weighted by Gasteiger charge is 2.50. The van der Waals surface area contributed by atoms with Gasteiger partial charge in [-0.05, 0) is 135 Å². The summed E-state index contributed by atoms with van der Waals surface area (Å²) in [6.45, 7) is 7.89. The fourth-order valence-corrected chi connectivity index (χ4v) is 12.9. The molecule has 3 saturated heterocycles. The van der Waals surface area contributed by atoms with Crippen molar-refractivity contribution in [1.82, 2.24) is 25.0 Å². The zero-order valence-corrected chi connectivity index (χ0v) is 36.1. The number of amides is 4. The van der Waals surface area contributed by atoms with Gasteiger partial charge in [-0.3, -0.25) is 34.3 Å². The lowest BCUT2D eigenvalue weighted by Gasteiger charge is -2.55. The molecule has 11 rings (SSSR count). The molecule has 2 N–H and O–H groups in total. The van der Waals surface area contributed by atoms with E-state index in [0.29, 0.717) is 59.4 Å². The van der Waals surface area contributed by atoms with Gasteiger partial charge in [0.1, 0.15) is 17.7 Å². The summed E-state index contributed by atoms with van der Waals surface area (Å²) in [5.41, 5.74) is 5.98. The lowest BCUT2D eigenvalue weighted by atomic mass is 9.60. The molecule has 4 aromatic rings. The van der Waals surface area contributed by atoms with Crippen LogP contribution < -0.4 is 10.2 Å². The van der Waals surface area contributed by atoms with E-state index in [1.165, 1.54) is 12.1 Å². The van der Waals surface area contributed by atoms with Crippen LogP contribution in [0.15, 0.2) is 48.5 Å². The van der Waals surface area contributed by atoms with Gasteiger partial charge in [0.2, 0.25) is 18.2 Å². The Balaban J connectivity index is 0.674. The summed E-state index contributed by atoms with van der Waals surface area (Å²) >= 11 is 0. The number of para-hydroxylation sites is 1. The molecule has 10 nitrogen and oxygen atoms in total. The third-order valence-electron chi connectivity index (χ3n) is 16.4. The minimum atomic E-state index is -2.58. The van der Waals surface area contributed by atoms with E-state index in [9.17, 15) is 28.0 Å². The second-order valence-electron chi connectivity index (χ2n) is 20.1. The minimum absolute atomic E-state index is 0.0922. The second-order valence-corrected chi connectivity index (χ2v) is 20.1. The average Bonchev–Trinajstić information content (AvgIpc) is 3.91. The Morgan fingerprint density at radius 3 is 2.14 bits per heavy atom. The van der Waals surface area contributed by atoms with Crippen LogP contribution in [0.25, 0.3) is 10.9 Å². The van der Waals surface area contributed by atoms with Crippen LogP contribution in [0, 0.1) is 34.8 Å². The summed E-state index contributed by atoms with van der Waals surface area (Å²) < 4.78 is 60.6. The number of carbonyl (C=O) groups excluding carboxylic acids is 4. The van der Waals surface area contributed by atoms with E-state index < -0.39 is 66.0 Å². The summed E-state index contributed by atoms with van der Waals surface area (Å²) in [7, 11) is 0. The SMILES string of the molecule is C[C@@H]1Cc2c([nH]c3ccccc23)[C@@H](c2c(F)cc(N3CCC(CN4CCC5(CC4)CC(N4Cc6cc7c(cc6C4)C(=O)N(C4CCC(=O)NC4=O)C7=O)C5)CC3)cc2F)C1CC(F)F. The van der Waals surface area contributed by atoms with Crippen molar-refractivity contribution in [3.8, 4) is 0 Å². The Bertz CT molecular complexity index is 2500. The highest BCUT2D eigenvalue weighted by atomic mass is 19.3. The zero-order valence-electron chi connectivity index (χ0n) is 36.1. The number of rotatable bonds is 8. The molecule has 1 spiro atoms. The molecule has 14 heteroatoms. The molecule has 4 amide bonds. The quantitative estimate of drug-likeness (QED) is 0.137. The maximum Gasteiger partial charge on any atom is 0.262 e. The molecule has 0 bridgehead atoms. The van der Waals surface area contributed by atoms with Gasteiger partial charge in [0.15, 0.2) is 0 Å². The van der Waals surface area contributed by atoms with Gasteiger partial charge in [0.25, 0.3) is 11.8 Å². The summed E-state index contributed by atoms with van der Waals surface area (Å²) in [6.07, 6.45) is 4.23. The Hall–Kier alpha value is -5.08. The molecule has 1 aromatic heterocycles. The van der Waals surface area contributed by atoms with E-state index in [1.54, 1.807) is 0 Å². The van der Waals surface area contributed by atoms with Gasteiger partial charge in [0, 0.05) is 85.4 Å². The number of alkyl halides is 2. The summed E-state index contributed by atoms with van der Waals surface area (Å²) in [4.78, 5) is 62.5. The summed E-state index contributed by atoms with van der Waals surface area (Å²) in [6, 6.07) is 13.7. The van der Waals surface area contributed by atoms with Crippen molar-refractivity contribution in [1.29, 1.82) is 0 Å². The molecule has 5 aliphatic heterocycles. The summed E-state index contributed by atoms with van der Waals surface area (Å²) in [5.74, 6) is -4.41. The predicted molar refractivity (Wildman–Crippen MR) is 232 cm³/mol. The van der Waals surface area contributed by atoms with E-state index in [4.69, 9.17) is 0 Å². The van der Waals surface area contributed by atoms with Crippen molar-refractivity contribution >= 4 is 40.2 Å². The molecular weight excluding hydrogens is 825 g/mol. The van der Waals surface area contributed by atoms with Crippen LogP contribution in [0.4, 0.5) is 23.2 Å². The van der Waals surface area contributed by atoms with Gasteiger partial charge in [-0.2, -0.15) is 0 Å². The topological polar surface area (TPSA) is 109 Å². The number of H-pyrrole nitrogens is 1. The number of aromatic nitrogens is 1. The first-order valence-corrected chi connectivity index (χ1v) is 23.3. The molecule has 7 aliphatic rings. The number of nitrogens with one attached hydrogen (secondary N) is 2. The first kappa shape index (κ1) is 41.6. The molecule has 4 atom stereocenters. The van der Waals surface area contributed by atoms with Crippen molar-refractivity contribution in [2.75, 3.05) is 37.6 Å². The largest absolute Gasteiger partial charge is 0.371 e. The predicted octanol–water partition coefficient (Wildman–Crippen LogP) is 7.92. The monoisotopic (exact) mass is 878 g/mol. The number of nitrogens with zero attached hydrogens (tertiary/aromatic N) is 4. The highest BCUT2D eigenvalue weighted by molar-refractivity contribution is 6.23. The Morgan fingerprint density at radius 1 is 0.844 bits per heavy atom. The van der Waals surface area contributed by atoms with E-state index in [0.717, 1.165) is 104 Å². The first-order valence-electron chi connectivity index (χ1n) is 23.3. The van der Waals surface area contributed by atoms with Crippen LogP contribution in [0.3, 0.4) is 0 Å². The fraction of sp³-hybridized carbons (Fsp3) is 0.520. The number of fused-ring (bicyclic) bond motifs is 5. The van der Waals surface area contributed by atoms with Crippen molar-refractivity contribution < 1.29 is 36.7 Å². The minimum Gasteiger partial charge on any atom is -0.371 e. The summed E-state index contributed by atoms with van der Waals surface area (Å²) in [5, 5.41) is 3.23.